The molecule has 0 unspecified atom stereocenters. The maximum absolute atomic E-state index is 3.49. The fourth-order valence-electron chi connectivity index (χ4n) is 2.30. The van der Waals surface area contributed by atoms with Crippen LogP contribution in [-0.4, -0.2) is 11.1 Å². The molecular weight excluding hydrogens is 220 g/mol. The van der Waals surface area contributed by atoms with Crippen molar-refractivity contribution in [2.45, 2.75) is 40.3 Å². The lowest BCUT2D eigenvalue weighted by molar-refractivity contribution is 0.552. The van der Waals surface area contributed by atoms with E-state index in [1.165, 1.54) is 22.9 Å². The van der Waals surface area contributed by atoms with Crippen molar-refractivity contribution in [3.8, 4) is 0 Å². The molecular formula is C16H24N2. The molecule has 0 aliphatic rings. The van der Waals surface area contributed by atoms with Crippen molar-refractivity contribution in [1.29, 1.82) is 0 Å². The SMILES string of the molecule is CCCn1ccc2cc(CNCC(C)C)ccc21. The largest absolute Gasteiger partial charge is 0.347 e. The minimum atomic E-state index is 0.708. The minimum absolute atomic E-state index is 0.708. The summed E-state index contributed by atoms with van der Waals surface area (Å²) in [5.41, 5.74) is 2.72. The zero-order valence-corrected chi connectivity index (χ0v) is 11.7. The van der Waals surface area contributed by atoms with E-state index in [1.54, 1.807) is 0 Å². The summed E-state index contributed by atoms with van der Waals surface area (Å²) in [7, 11) is 0. The summed E-state index contributed by atoms with van der Waals surface area (Å²) in [4.78, 5) is 0. The van der Waals surface area contributed by atoms with Gasteiger partial charge in [0.1, 0.15) is 0 Å². The Labute approximate surface area is 110 Å². The second kappa shape index (κ2) is 6.05. The summed E-state index contributed by atoms with van der Waals surface area (Å²) in [5.74, 6) is 0.708. The van der Waals surface area contributed by atoms with Crippen LogP contribution in [0, 0.1) is 5.92 Å². The third kappa shape index (κ3) is 3.14. The summed E-state index contributed by atoms with van der Waals surface area (Å²) in [5, 5.41) is 4.84. The molecule has 1 heterocycles. The molecule has 0 fully saturated rings. The van der Waals surface area contributed by atoms with Gasteiger partial charge in [-0.2, -0.15) is 0 Å². The molecule has 0 radical (unpaired) electrons. The highest BCUT2D eigenvalue weighted by atomic mass is 14.9. The van der Waals surface area contributed by atoms with Gasteiger partial charge in [-0.15, -0.1) is 0 Å². The van der Waals surface area contributed by atoms with Gasteiger partial charge in [0.05, 0.1) is 0 Å². The molecule has 0 aliphatic heterocycles. The maximum Gasteiger partial charge on any atom is 0.0480 e. The molecule has 0 aliphatic carbocycles. The Kier molecular flexibility index (Phi) is 4.43. The number of nitrogens with zero attached hydrogens (tertiary/aromatic N) is 1. The summed E-state index contributed by atoms with van der Waals surface area (Å²) in [6.45, 7) is 9.84. The Hall–Kier alpha value is -1.28. The number of benzene rings is 1. The van der Waals surface area contributed by atoms with Crippen LogP contribution in [0.5, 0.6) is 0 Å². The van der Waals surface area contributed by atoms with E-state index >= 15 is 0 Å². The van der Waals surface area contributed by atoms with Gasteiger partial charge in [0.25, 0.3) is 0 Å². The Bertz CT molecular complexity index is 497. The summed E-state index contributed by atoms with van der Waals surface area (Å²) < 4.78 is 2.33. The predicted octanol–water partition coefficient (Wildman–Crippen LogP) is 3.80. The molecule has 0 amide bonds. The lowest BCUT2D eigenvalue weighted by Crippen LogP contribution is -2.18. The van der Waals surface area contributed by atoms with Crippen LogP contribution in [0.4, 0.5) is 0 Å². The van der Waals surface area contributed by atoms with Crippen LogP contribution < -0.4 is 5.32 Å². The first-order valence-electron chi connectivity index (χ1n) is 6.99. The van der Waals surface area contributed by atoms with Crippen molar-refractivity contribution in [2.75, 3.05) is 6.54 Å². The van der Waals surface area contributed by atoms with Crippen LogP contribution in [0.2, 0.25) is 0 Å². The predicted molar refractivity (Wildman–Crippen MR) is 78.8 cm³/mol. The molecule has 2 aromatic rings. The molecule has 1 N–H and O–H groups in total. The van der Waals surface area contributed by atoms with E-state index < -0.39 is 0 Å². The van der Waals surface area contributed by atoms with Crippen molar-refractivity contribution < 1.29 is 0 Å². The van der Waals surface area contributed by atoms with Crippen molar-refractivity contribution in [2.24, 2.45) is 5.92 Å². The standard InChI is InChI=1S/C16H24N2/c1-4-8-18-9-7-15-10-14(5-6-16(15)18)12-17-11-13(2)3/h5-7,9-10,13,17H,4,8,11-12H2,1-3H3. The van der Waals surface area contributed by atoms with Crippen LogP contribution >= 0.6 is 0 Å². The van der Waals surface area contributed by atoms with Gasteiger partial charge in [-0.1, -0.05) is 26.8 Å². The van der Waals surface area contributed by atoms with E-state index in [-0.39, 0.29) is 0 Å². The molecule has 1 aromatic heterocycles. The van der Waals surface area contributed by atoms with Gasteiger partial charge in [-0.05, 0) is 48.0 Å². The normalized spacial score (nSPS) is 11.6. The quantitative estimate of drug-likeness (QED) is 0.818. The van der Waals surface area contributed by atoms with Crippen LogP contribution in [0.3, 0.4) is 0 Å². The first-order chi connectivity index (χ1) is 8.70. The number of aryl methyl sites for hydroxylation is 1. The van der Waals surface area contributed by atoms with E-state index in [2.05, 4.69) is 61.1 Å². The smallest absolute Gasteiger partial charge is 0.0480 e. The van der Waals surface area contributed by atoms with Crippen LogP contribution in [-0.2, 0) is 13.1 Å². The zero-order chi connectivity index (χ0) is 13.0. The van der Waals surface area contributed by atoms with Crippen molar-refractivity contribution in [3.63, 3.8) is 0 Å². The molecule has 2 nitrogen and oxygen atoms in total. The highest BCUT2D eigenvalue weighted by Crippen LogP contribution is 2.18. The number of hydrogen-bond donors (Lipinski definition) is 1. The molecule has 0 saturated carbocycles. The number of hydrogen-bond acceptors (Lipinski definition) is 1. The van der Waals surface area contributed by atoms with Crippen LogP contribution in [0.1, 0.15) is 32.8 Å². The highest BCUT2D eigenvalue weighted by molar-refractivity contribution is 5.80. The fraction of sp³-hybridized carbons (Fsp3) is 0.500. The Morgan fingerprint density at radius 2 is 2.06 bits per heavy atom. The summed E-state index contributed by atoms with van der Waals surface area (Å²) in [6, 6.07) is 9.00. The fourth-order valence-corrected chi connectivity index (χ4v) is 2.30. The van der Waals surface area contributed by atoms with E-state index in [9.17, 15) is 0 Å². The zero-order valence-electron chi connectivity index (χ0n) is 11.7. The molecule has 2 heteroatoms. The molecule has 0 bridgehead atoms. The number of nitrogens with one attached hydrogen (secondary N) is 1. The topological polar surface area (TPSA) is 17.0 Å². The Morgan fingerprint density at radius 1 is 1.22 bits per heavy atom. The van der Waals surface area contributed by atoms with Gasteiger partial charge in [0, 0.05) is 24.8 Å². The molecule has 98 valence electrons. The Balaban J connectivity index is 2.08. The van der Waals surface area contributed by atoms with Gasteiger partial charge < -0.3 is 9.88 Å². The van der Waals surface area contributed by atoms with Crippen molar-refractivity contribution in [1.82, 2.24) is 9.88 Å². The van der Waals surface area contributed by atoms with Crippen molar-refractivity contribution >= 4 is 10.9 Å². The van der Waals surface area contributed by atoms with E-state index in [1.807, 2.05) is 0 Å². The monoisotopic (exact) mass is 244 g/mol. The van der Waals surface area contributed by atoms with Gasteiger partial charge >= 0.3 is 0 Å². The first-order valence-corrected chi connectivity index (χ1v) is 6.99. The molecule has 1 aromatic carbocycles. The minimum Gasteiger partial charge on any atom is -0.347 e. The average molecular weight is 244 g/mol. The van der Waals surface area contributed by atoms with Crippen LogP contribution in [0.25, 0.3) is 10.9 Å². The van der Waals surface area contributed by atoms with Crippen LogP contribution in [0.15, 0.2) is 30.5 Å². The van der Waals surface area contributed by atoms with Gasteiger partial charge in [0.2, 0.25) is 0 Å². The summed E-state index contributed by atoms with van der Waals surface area (Å²) >= 11 is 0. The lowest BCUT2D eigenvalue weighted by Gasteiger charge is -2.08. The number of fused-ring (bicyclic) bond motifs is 1. The highest BCUT2D eigenvalue weighted by Gasteiger charge is 2.02. The third-order valence-electron chi connectivity index (χ3n) is 3.18. The summed E-state index contributed by atoms with van der Waals surface area (Å²) in [6.07, 6.45) is 3.38. The van der Waals surface area contributed by atoms with Crippen molar-refractivity contribution in [3.05, 3.63) is 36.0 Å². The van der Waals surface area contributed by atoms with E-state index in [4.69, 9.17) is 0 Å². The second-order valence-corrected chi connectivity index (χ2v) is 5.43. The molecule has 0 atom stereocenters. The van der Waals surface area contributed by atoms with Gasteiger partial charge in [-0.25, -0.2) is 0 Å². The lowest BCUT2D eigenvalue weighted by atomic mass is 10.1. The second-order valence-electron chi connectivity index (χ2n) is 5.43. The third-order valence-corrected chi connectivity index (χ3v) is 3.18. The maximum atomic E-state index is 3.49. The average Bonchev–Trinajstić information content (AvgIpc) is 2.72. The molecule has 18 heavy (non-hydrogen) atoms. The van der Waals surface area contributed by atoms with E-state index in [0.717, 1.165) is 19.6 Å². The molecule has 0 saturated heterocycles. The van der Waals surface area contributed by atoms with Gasteiger partial charge in [-0.3, -0.25) is 0 Å². The first kappa shape index (κ1) is 13.2. The Morgan fingerprint density at radius 3 is 2.78 bits per heavy atom. The van der Waals surface area contributed by atoms with Gasteiger partial charge in [0.15, 0.2) is 0 Å². The molecule has 2 rings (SSSR count). The number of rotatable bonds is 6. The molecule has 0 spiro atoms. The number of aromatic nitrogens is 1. The van der Waals surface area contributed by atoms with E-state index in [0.29, 0.717) is 5.92 Å².